The molecule has 2 aliphatic carbocycles. The molecule has 0 aliphatic heterocycles. The Morgan fingerprint density at radius 3 is 2.21 bits per heavy atom. The van der Waals surface area contributed by atoms with Crippen LogP contribution in [0.1, 0.15) is 31.2 Å². The number of nitrogens with zero attached hydrogens (tertiary/aromatic N) is 1. The Hall–Kier alpha value is -0.540. The van der Waals surface area contributed by atoms with E-state index in [0.717, 1.165) is 18.3 Å². The third-order valence-electron chi connectivity index (χ3n) is 4.17. The molecule has 2 N–H and O–H groups in total. The summed E-state index contributed by atoms with van der Waals surface area (Å²) in [6.45, 7) is 3.21. The van der Waals surface area contributed by atoms with Crippen molar-refractivity contribution < 1.29 is 0 Å². The lowest BCUT2D eigenvalue weighted by Crippen LogP contribution is -2.28. The molecule has 0 atom stereocenters. The van der Waals surface area contributed by atoms with Crippen molar-refractivity contribution in [3.63, 3.8) is 0 Å². The van der Waals surface area contributed by atoms with Gasteiger partial charge in [0, 0.05) is 23.2 Å². The molecule has 1 aromatic rings. The van der Waals surface area contributed by atoms with Crippen LogP contribution in [-0.2, 0) is 6.42 Å². The zero-order chi connectivity index (χ0) is 13.2. The molecule has 2 saturated carbocycles. The normalized spacial score (nSPS) is 18.6. The second-order valence-electron chi connectivity index (χ2n) is 6.11. The highest BCUT2D eigenvalue weighted by Gasteiger charge is 2.29. The average molecular weight is 323 g/mol. The maximum Gasteiger partial charge on any atom is 0.0377 e. The van der Waals surface area contributed by atoms with Gasteiger partial charge < -0.3 is 10.6 Å². The molecule has 0 aromatic heterocycles. The molecule has 0 unspecified atom stereocenters. The molecule has 19 heavy (non-hydrogen) atoms. The monoisotopic (exact) mass is 322 g/mol. The lowest BCUT2D eigenvalue weighted by molar-refractivity contribution is 0.679. The molecule has 0 heterocycles. The fraction of sp³-hybridized carbons (Fsp3) is 0.625. The van der Waals surface area contributed by atoms with Gasteiger partial charge >= 0.3 is 0 Å². The van der Waals surface area contributed by atoms with Crippen LogP contribution in [0.3, 0.4) is 0 Å². The summed E-state index contributed by atoms with van der Waals surface area (Å²) in [5.74, 6) is 1.89. The molecular formula is C16H23BrN2. The second-order valence-corrected chi connectivity index (χ2v) is 6.96. The Morgan fingerprint density at radius 1 is 1.11 bits per heavy atom. The first kappa shape index (κ1) is 13.4. The van der Waals surface area contributed by atoms with Crippen LogP contribution >= 0.6 is 15.9 Å². The number of hydrogen-bond donors (Lipinski definition) is 1. The van der Waals surface area contributed by atoms with Crippen molar-refractivity contribution in [3.8, 4) is 0 Å². The summed E-state index contributed by atoms with van der Waals surface area (Å²) >= 11 is 3.70. The highest BCUT2D eigenvalue weighted by Crippen LogP contribution is 2.36. The van der Waals surface area contributed by atoms with E-state index in [0.29, 0.717) is 6.54 Å². The molecular weight excluding hydrogens is 300 g/mol. The van der Waals surface area contributed by atoms with Gasteiger partial charge in [0.05, 0.1) is 0 Å². The molecule has 0 bridgehead atoms. The van der Waals surface area contributed by atoms with E-state index in [4.69, 9.17) is 5.73 Å². The quantitative estimate of drug-likeness (QED) is 0.831. The van der Waals surface area contributed by atoms with Gasteiger partial charge in [0.2, 0.25) is 0 Å². The van der Waals surface area contributed by atoms with Gasteiger partial charge in [-0.2, -0.15) is 0 Å². The van der Waals surface area contributed by atoms with E-state index < -0.39 is 0 Å². The number of halogens is 1. The van der Waals surface area contributed by atoms with E-state index in [-0.39, 0.29) is 0 Å². The zero-order valence-corrected chi connectivity index (χ0v) is 13.0. The third kappa shape index (κ3) is 3.73. The van der Waals surface area contributed by atoms with E-state index in [1.807, 2.05) is 0 Å². The van der Waals surface area contributed by atoms with E-state index in [1.165, 1.54) is 54.5 Å². The first-order chi connectivity index (χ1) is 9.26. The van der Waals surface area contributed by atoms with Crippen LogP contribution in [0.4, 0.5) is 5.69 Å². The van der Waals surface area contributed by atoms with E-state index >= 15 is 0 Å². The molecule has 0 saturated heterocycles. The van der Waals surface area contributed by atoms with Crippen LogP contribution < -0.4 is 10.6 Å². The highest BCUT2D eigenvalue weighted by molar-refractivity contribution is 9.10. The molecule has 2 nitrogen and oxygen atoms in total. The average Bonchev–Trinajstić information content (AvgIpc) is 3.26. The van der Waals surface area contributed by atoms with Crippen molar-refractivity contribution in [2.45, 2.75) is 32.1 Å². The number of anilines is 1. The van der Waals surface area contributed by atoms with Crippen LogP contribution in [0, 0.1) is 11.8 Å². The molecule has 3 rings (SSSR count). The molecule has 0 radical (unpaired) electrons. The van der Waals surface area contributed by atoms with Gasteiger partial charge in [-0.25, -0.2) is 0 Å². The summed E-state index contributed by atoms with van der Waals surface area (Å²) in [5.41, 5.74) is 8.35. The maximum absolute atomic E-state index is 5.64. The van der Waals surface area contributed by atoms with Crippen molar-refractivity contribution in [2.24, 2.45) is 17.6 Å². The van der Waals surface area contributed by atoms with Crippen molar-refractivity contribution in [2.75, 3.05) is 24.5 Å². The van der Waals surface area contributed by atoms with Gasteiger partial charge in [-0.15, -0.1) is 0 Å². The Balaban J connectivity index is 1.73. The smallest absolute Gasteiger partial charge is 0.0377 e. The van der Waals surface area contributed by atoms with Crippen molar-refractivity contribution in [3.05, 3.63) is 28.2 Å². The summed E-state index contributed by atoms with van der Waals surface area (Å²) in [6, 6.07) is 6.80. The highest BCUT2D eigenvalue weighted by atomic mass is 79.9. The summed E-state index contributed by atoms with van der Waals surface area (Å²) in [4.78, 5) is 2.60. The zero-order valence-electron chi connectivity index (χ0n) is 11.4. The van der Waals surface area contributed by atoms with Gasteiger partial charge in [-0.3, -0.25) is 0 Å². The van der Waals surface area contributed by atoms with Crippen LogP contribution in [0.2, 0.25) is 0 Å². The van der Waals surface area contributed by atoms with Crippen LogP contribution in [0.25, 0.3) is 0 Å². The summed E-state index contributed by atoms with van der Waals surface area (Å²) in [7, 11) is 0. The predicted octanol–water partition coefficient (Wildman–Crippen LogP) is 3.58. The second kappa shape index (κ2) is 5.84. The minimum Gasteiger partial charge on any atom is -0.371 e. The largest absolute Gasteiger partial charge is 0.371 e. The maximum atomic E-state index is 5.64. The van der Waals surface area contributed by atoms with Gasteiger partial charge in [0.25, 0.3) is 0 Å². The van der Waals surface area contributed by atoms with Gasteiger partial charge in [0.1, 0.15) is 0 Å². The number of benzene rings is 1. The predicted molar refractivity (Wildman–Crippen MR) is 84.6 cm³/mol. The minimum absolute atomic E-state index is 0.714. The molecule has 0 amide bonds. The molecule has 2 fully saturated rings. The topological polar surface area (TPSA) is 29.3 Å². The first-order valence-electron chi connectivity index (χ1n) is 7.49. The van der Waals surface area contributed by atoms with Crippen LogP contribution in [0.15, 0.2) is 22.7 Å². The summed E-state index contributed by atoms with van der Waals surface area (Å²) in [6.07, 6.45) is 6.65. The summed E-state index contributed by atoms with van der Waals surface area (Å²) < 4.78 is 1.21. The number of hydrogen-bond acceptors (Lipinski definition) is 2. The molecule has 3 heteroatoms. The first-order valence-corrected chi connectivity index (χ1v) is 8.29. The summed E-state index contributed by atoms with van der Waals surface area (Å²) in [5, 5.41) is 0. The van der Waals surface area contributed by atoms with Gasteiger partial charge in [-0.05, 0) is 68.2 Å². The number of rotatable bonds is 7. The molecule has 104 valence electrons. The van der Waals surface area contributed by atoms with Crippen LogP contribution in [-0.4, -0.2) is 19.6 Å². The Morgan fingerprint density at radius 2 is 1.74 bits per heavy atom. The molecule has 2 aliphatic rings. The van der Waals surface area contributed by atoms with Gasteiger partial charge in [0.15, 0.2) is 0 Å². The standard InChI is InChI=1S/C16H23BrN2/c17-16-9-15(6-5-14(16)7-8-18)19(10-12-1-2-12)11-13-3-4-13/h5-6,9,12-13H,1-4,7-8,10-11,18H2. The lowest BCUT2D eigenvalue weighted by atomic mass is 10.1. The SMILES string of the molecule is NCCc1ccc(N(CC2CC2)CC2CC2)cc1Br. The molecule has 0 spiro atoms. The minimum atomic E-state index is 0.714. The molecule has 1 aromatic carbocycles. The number of nitrogens with two attached hydrogens (primary N) is 1. The van der Waals surface area contributed by atoms with E-state index in [1.54, 1.807) is 0 Å². The third-order valence-corrected chi connectivity index (χ3v) is 4.90. The van der Waals surface area contributed by atoms with Crippen molar-refractivity contribution in [1.29, 1.82) is 0 Å². The Bertz CT molecular complexity index is 424. The fourth-order valence-electron chi connectivity index (χ4n) is 2.60. The van der Waals surface area contributed by atoms with E-state index in [9.17, 15) is 0 Å². The van der Waals surface area contributed by atoms with Crippen molar-refractivity contribution in [1.82, 2.24) is 0 Å². The van der Waals surface area contributed by atoms with E-state index in [2.05, 4.69) is 39.0 Å². The Kier molecular flexibility index (Phi) is 4.13. The lowest BCUT2D eigenvalue weighted by Gasteiger charge is -2.25. The van der Waals surface area contributed by atoms with Crippen LogP contribution in [0.5, 0.6) is 0 Å². The Labute approximate surface area is 124 Å². The fourth-order valence-corrected chi connectivity index (χ4v) is 3.17. The van der Waals surface area contributed by atoms with Gasteiger partial charge in [-0.1, -0.05) is 22.0 Å². The van der Waals surface area contributed by atoms with Crippen molar-refractivity contribution >= 4 is 21.6 Å².